The van der Waals surface area contributed by atoms with Crippen LogP contribution in [-0.4, -0.2) is 6.61 Å². The van der Waals surface area contributed by atoms with Gasteiger partial charge >= 0.3 is 0 Å². The average molecular weight is 356 g/mol. The van der Waals surface area contributed by atoms with Crippen molar-refractivity contribution in [2.24, 2.45) is 5.92 Å². The van der Waals surface area contributed by atoms with Crippen LogP contribution in [0.15, 0.2) is 66.6 Å². The Labute approximate surface area is 160 Å². The van der Waals surface area contributed by atoms with Crippen LogP contribution in [0.5, 0.6) is 0 Å². The third-order valence-corrected chi connectivity index (χ3v) is 4.57. The molecule has 0 bridgehead atoms. The highest BCUT2D eigenvalue weighted by atomic mass is 16.7. The summed E-state index contributed by atoms with van der Waals surface area (Å²) in [6, 6.07) is 21.0. The first-order valence-corrected chi connectivity index (χ1v) is 9.45. The molecule has 1 aliphatic carbocycles. The highest BCUT2D eigenvalue weighted by Crippen LogP contribution is 2.32. The summed E-state index contributed by atoms with van der Waals surface area (Å²) >= 11 is 0. The van der Waals surface area contributed by atoms with E-state index in [-0.39, 0.29) is 0 Å². The van der Waals surface area contributed by atoms with E-state index in [1.807, 2.05) is 36.4 Å². The first kappa shape index (κ1) is 17.4. The van der Waals surface area contributed by atoms with Gasteiger partial charge in [-0.3, -0.25) is 0 Å². The highest BCUT2D eigenvalue weighted by molar-refractivity contribution is 6.05. The van der Waals surface area contributed by atoms with Crippen LogP contribution in [-0.2, 0) is 16.1 Å². The van der Waals surface area contributed by atoms with E-state index in [4.69, 9.17) is 9.47 Å². The molecule has 136 valence electrons. The second-order valence-corrected chi connectivity index (χ2v) is 7.33. The maximum atomic E-state index is 6.06. The minimum Gasteiger partial charge on any atom is -0.465 e. The third-order valence-electron chi connectivity index (χ3n) is 4.57. The molecule has 2 heteroatoms. The molecule has 0 saturated carbocycles. The van der Waals surface area contributed by atoms with Gasteiger partial charge in [-0.1, -0.05) is 74.5 Å². The lowest BCUT2D eigenvalue weighted by atomic mass is 10.0. The minimum atomic E-state index is 0.442. The van der Waals surface area contributed by atoms with E-state index < -0.39 is 0 Å². The third kappa shape index (κ3) is 4.06. The Bertz CT molecular complexity index is 998. The smallest absolute Gasteiger partial charge is 0.280 e. The summed E-state index contributed by atoms with van der Waals surface area (Å²) < 4.78 is 12.0. The van der Waals surface area contributed by atoms with Crippen LogP contribution >= 0.6 is 0 Å². The lowest BCUT2D eigenvalue weighted by molar-refractivity contribution is 0.0212. The van der Waals surface area contributed by atoms with Gasteiger partial charge in [0.15, 0.2) is 0 Å². The molecule has 4 rings (SSSR count). The Kier molecular flexibility index (Phi) is 4.97. The van der Waals surface area contributed by atoms with Gasteiger partial charge in [0.1, 0.15) is 6.61 Å². The van der Waals surface area contributed by atoms with Crippen LogP contribution < -0.4 is 0 Å². The molecule has 0 amide bonds. The summed E-state index contributed by atoms with van der Waals surface area (Å²) in [5.74, 6) is 1.01. The normalized spacial score (nSPS) is 12.8. The molecule has 0 spiro atoms. The molecule has 27 heavy (non-hydrogen) atoms. The molecule has 2 nitrogen and oxygen atoms in total. The van der Waals surface area contributed by atoms with Crippen molar-refractivity contribution in [3.8, 4) is 0 Å². The predicted molar refractivity (Wildman–Crippen MR) is 113 cm³/mol. The molecule has 0 fully saturated rings. The molecular formula is C25H24O2. The number of hydrogen-bond donors (Lipinski definition) is 0. The SMILES string of the molecule is CC(C)COC(=Cc1ccccc1)OCc1cc2c3c(cccc3c1)C=C2. The Balaban J connectivity index is 1.55. The maximum Gasteiger partial charge on any atom is 0.280 e. The van der Waals surface area contributed by atoms with E-state index in [1.165, 1.54) is 21.9 Å². The van der Waals surface area contributed by atoms with Gasteiger partial charge in [0.2, 0.25) is 0 Å². The largest absolute Gasteiger partial charge is 0.465 e. The quantitative estimate of drug-likeness (QED) is 0.351. The van der Waals surface area contributed by atoms with Crippen molar-refractivity contribution in [1.82, 2.24) is 0 Å². The fourth-order valence-corrected chi connectivity index (χ4v) is 3.30. The molecule has 0 radical (unpaired) electrons. The average Bonchev–Trinajstić information content (AvgIpc) is 3.09. The van der Waals surface area contributed by atoms with Crippen LogP contribution in [0.1, 0.15) is 36.1 Å². The zero-order chi connectivity index (χ0) is 18.6. The Morgan fingerprint density at radius 3 is 2.52 bits per heavy atom. The molecule has 3 aromatic carbocycles. The molecular weight excluding hydrogens is 332 g/mol. The summed E-state index contributed by atoms with van der Waals surface area (Å²) in [6.07, 6.45) is 6.31. The van der Waals surface area contributed by atoms with Crippen molar-refractivity contribution in [3.05, 3.63) is 88.9 Å². The minimum absolute atomic E-state index is 0.442. The molecule has 1 aliphatic rings. The van der Waals surface area contributed by atoms with Gasteiger partial charge in [-0.2, -0.15) is 0 Å². The molecule has 0 N–H and O–H groups in total. The lowest BCUT2D eigenvalue weighted by Crippen LogP contribution is -2.05. The summed E-state index contributed by atoms with van der Waals surface area (Å²) in [6.45, 7) is 5.38. The summed E-state index contributed by atoms with van der Waals surface area (Å²) in [5, 5.41) is 2.59. The van der Waals surface area contributed by atoms with Crippen molar-refractivity contribution < 1.29 is 9.47 Å². The maximum absolute atomic E-state index is 6.06. The van der Waals surface area contributed by atoms with E-state index in [9.17, 15) is 0 Å². The molecule has 0 atom stereocenters. The topological polar surface area (TPSA) is 18.5 Å². The molecule has 3 aromatic rings. The van der Waals surface area contributed by atoms with E-state index in [1.54, 1.807) is 0 Å². The Morgan fingerprint density at radius 2 is 1.70 bits per heavy atom. The molecule has 0 aliphatic heterocycles. The van der Waals surface area contributed by atoms with Gasteiger partial charge in [-0.25, -0.2) is 0 Å². The summed E-state index contributed by atoms with van der Waals surface area (Å²) in [5.41, 5.74) is 4.77. The molecule has 0 heterocycles. The Morgan fingerprint density at radius 1 is 0.889 bits per heavy atom. The van der Waals surface area contributed by atoms with E-state index in [0.717, 1.165) is 11.1 Å². The van der Waals surface area contributed by atoms with Gasteiger partial charge in [0.25, 0.3) is 5.95 Å². The van der Waals surface area contributed by atoms with Crippen molar-refractivity contribution in [2.75, 3.05) is 6.61 Å². The van der Waals surface area contributed by atoms with Gasteiger partial charge in [-0.05, 0) is 51.1 Å². The van der Waals surface area contributed by atoms with Crippen LogP contribution in [0.25, 0.3) is 29.0 Å². The van der Waals surface area contributed by atoms with E-state index >= 15 is 0 Å². The highest BCUT2D eigenvalue weighted by Gasteiger charge is 2.11. The molecule has 0 aromatic heterocycles. The van der Waals surface area contributed by atoms with Gasteiger partial charge in [0.05, 0.1) is 6.61 Å². The summed E-state index contributed by atoms with van der Waals surface area (Å²) in [7, 11) is 0. The van der Waals surface area contributed by atoms with E-state index in [2.05, 4.69) is 56.3 Å². The second-order valence-electron chi connectivity index (χ2n) is 7.33. The first-order valence-electron chi connectivity index (χ1n) is 9.45. The van der Waals surface area contributed by atoms with Crippen LogP contribution in [0.4, 0.5) is 0 Å². The number of hydrogen-bond acceptors (Lipinski definition) is 2. The molecule has 0 saturated heterocycles. The van der Waals surface area contributed by atoms with Crippen LogP contribution in [0.3, 0.4) is 0 Å². The Hall–Kier alpha value is -3.00. The predicted octanol–water partition coefficient (Wildman–Crippen LogP) is 6.51. The summed E-state index contributed by atoms with van der Waals surface area (Å²) in [4.78, 5) is 0. The number of rotatable bonds is 7. The van der Waals surface area contributed by atoms with Crippen LogP contribution in [0, 0.1) is 5.92 Å². The van der Waals surface area contributed by atoms with Crippen molar-refractivity contribution >= 4 is 29.0 Å². The van der Waals surface area contributed by atoms with Gasteiger partial charge in [-0.15, -0.1) is 0 Å². The number of benzene rings is 3. The van der Waals surface area contributed by atoms with E-state index in [0.29, 0.717) is 25.1 Å². The first-order chi connectivity index (χ1) is 13.2. The van der Waals surface area contributed by atoms with Gasteiger partial charge in [0, 0.05) is 6.08 Å². The fraction of sp³-hybridized carbons (Fsp3) is 0.200. The fourth-order valence-electron chi connectivity index (χ4n) is 3.30. The zero-order valence-corrected chi connectivity index (χ0v) is 15.8. The monoisotopic (exact) mass is 356 g/mol. The van der Waals surface area contributed by atoms with Crippen molar-refractivity contribution in [3.63, 3.8) is 0 Å². The molecule has 0 unspecified atom stereocenters. The standard InChI is InChI=1S/C25H24O2/c1-18(2)16-26-24(15-19-7-4-3-5-8-19)27-17-20-13-22-10-6-9-21-11-12-23(14-20)25(21)22/h3-15,18H,16-17H2,1-2H3. The zero-order valence-electron chi connectivity index (χ0n) is 15.8. The lowest BCUT2D eigenvalue weighted by Gasteiger charge is -2.15. The van der Waals surface area contributed by atoms with Gasteiger partial charge < -0.3 is 9.47 Å². The second kappa shape index (κ2) is 7.71. The number of ether oxygens (including phenoxy) is 2. The van der Waals surface area contributed by atoms with Crippen molar-refractivity contribution in [2.45, 2.75) is 20.5 Å². The van der Waals surface area contributed by atoms with Crippen LogP contribution in [0.2, 0.25) is 0 Å². The van der Waals surface area contributed by atoms with Crippen molar-refractivity contribution in [1.29, 1.82) is 0 Å².